The lowest BCUT2D eigenvalue weighted by Crippen LogP contribution is -2.41. The van der Waals surface area contributed by atoms with E-state index in [-0.39, 0.29) is 29.8 Å². The number of nitrogens with zero attached hydrogens (tertiary/aromatic N) is 3. The maximum atomic E-state index is 12.8. The van der Waals surface area contributed by atoms with Crippen molar-refractivity contribution in [2.45, 2.75) is 24.7 Å². The molecule has 0 spiro atoms. The number of rotatable bonds is 7. The standard InChI is InChI=1S/C22H23ClN4O4S2/c1-2-31-18-7-3-16(4-8-18)21-25-26-22(32-21)24-20(28)15-11-13-27(14-12-15)33(29,30)19-9-5-17(23)6-10-19/h3-10,15H,2,11-14H2,1H3,(H,24,26,28). The summed E-state index contributed by atoms with van der Waals surface area (Å²) in [5, 5.41) is 12.6. The molecule has 11 heteroatoms. The van der Waals surface area contributed by atoms with Gasteiger partial charge < -0.3 is 10.1 Å². The molecule has 0 unspecified atom stereocenters. The Morgan fingerprint density at radius 3 is 2.42 bits per heavy atom. The lowest BCUT2D eigenvalue weighted by atomic mass is 9.97. The first kappa shape index (κ1) is 23.6. The van der Waals surface area contributed by atoms with Gasteiger partial charge in [0, 0.05) is 29.6 Å². The summed E-state index contributed by atoms with van der Waals surface area (Å²) in [5.41, 5.74) is 0.886. The molecule has 1 aliphatic heterocycles. The van der Waals surface area contributed by atoms with Crippen LogP contribution in [0.2, 0.25) is 5.02 Å². The van der Waals surface area contributed by atoms with Gasteiger partial charge in [0.1, 0.15) is 10.8 Å². The number of aromatic nitrogens is 2. The molecule has 1 N–H and O–H groups in total. The summed E-state index contributed by atoms with van der Waals surface area (Å²) < 4.78 is 32.5. The van der Waals surface area contributed by atoms with Gasteiger partial charge in [-0.05, 0) is 68.3 Å². The largest absolute Gasteiger partial charge is 0.494 e. The van der Waals surface area contributed by atoms with Gasteiger partial charge in [-0.15, -0.1) is 10.2 Å². The molecule has 0 radical (unpaired) electrons. The number of sulfonamides is 1. The lowest BCUT2D eigenvalue weighted by molar-refractivity contribution is -0.120. The van der Waals surface area contributed by atoms with Crippen LogP contribution in [-0.2, 0) is 14.8 Å². The average Bonchev–Trinajstić information content (AvgIpc) is 3.28. The molecule has 2 heterocycles. The molecule has 0 saturated carbocycles. The Morgan fingerprint density at radius 1 is 1.12 bits per heavy atom. The summed E-state index contributed by atoms with van der Waals surface area (Å²) in [6.07, 6.45) is 0.867. The molecule has 33 heavy (non-hydrogen) atoms. The Bertz CT molecular complexity index is 1210. The highest BCUT2D eigenvalue weighted by molar-refractivity contribution is 7.89. The second-order valence-corrected chi connectivity index (χ2v) is 10.8. The highest BCUT2D eigenvalue weighted by atomic mass is 35.5. The van der Waals surface area contributed by atoms with Crippen LogP contribution in [0.3, 0.4) is 0 Å². The minimum absolute atomic E-state index is 0.173. The number of carbonyl (C=O) groups excluding carboxylic acids is 1. The van der Waals surface area contributed by atoms with E-state index < -0.39 is 10.0 Å². The first-order valence-corrected chi connectivity index (χ1v) is 13.1. The fourth-order valence-electron chi connectivity index (χ4n) is 3.57. The van der Waals surface area contributed by atoms with Crippen molar-refractivity contribution >= 4 is 44.0 Å². The smallest absolute Gasteiger partial charge is 0.243 e. The van der Waals surface area contributed by atoms with Gasteiger partial charge in [-0.3, -0.25) is 4.79 Å². The van der Waals surface area contributed by atoms with E-state index in [0.29, 0.717) is 34.6 Å². The highest BCUT2D eigenvalue weighted by Crippen LogP contribution is 2.29. The van der Waals surface area contributed by atoms with Crippen LogP contribution in [0.15, 0.2) is 53.4 Å². The van der Waals surface area contributed by atoms with Crippen LogP contribution in [0.5, 0.6) is 5.75 Å². The van der Waals surface area contributed by atoms with Crippen molar-refractivity contribution in [3.8, 4) is 16.3 Å². The number of hydrogen-bond acceptors (Lipinski definition) is 7. The van der Waals surface area contributed by atoms with E-state index in [2.05, 4.69) is 15.5 Å². The number of nitrogens with one attached hydrogen (secondary N) is 1. The van der Waals surface area contributed by atoms with Crippen LogP contribution >= 0.6 is 22.9 Å². The molecule has 0 atom stereocenters. The predicted octanol–water partition coefficient (Wildman–Crippen LogP) is 4.30. The zero-order valence-electron chi connectivity index (χ0n) is 17.9. The van der Waals surface area contributed by atoms with Gasteiger partial charge in [0.2, 0.25) is 21.1 Å². The molecule has 1 fully saturated rings. The molecule has 4 rings (SSSR count). The number of anilines is 1. The molecule has 0 bridgehead atoms. The predicted molar refractivity (Wildman–Crippen MR) is 128 cm³/mol. The van der Waals surface area contributed by atoms with Crippen LogP contribution in [-0.4, -0.2) is 48.5 Å². The zero-order chi connectivity index (χ0) is 23.4. The summed E-state index contributed by atoms with van der Waals surface area (Å²) in [6, 6.07) is 13.6. The maximum Gasteiger partial charge on any atom is 0.243 e. The third-order valence-corrected chi connectivity index (χ3v) is 8.40. The quantitative estimate of drug-likeness (QED) is 0.512. The molecule has 8 nitrogen and oxygen atoms in total. The zero-order valence-corrected chi connectivity index (χ0v) is 20.3. The molecule has 1 amide bonds. The average molecular weight is 507 g/mol. The van der Waals surface area contributed by atoms with Crippen LogP contribution in [0.4, 0.5) is 5.13 Å². The Kier molecular flexibility index (Phi) is 7.28. The minimum Gasteiger partial charge on any atom is -0.494 e. The van der Waals surface area contributed by atoms with Crippen LogP contribution in [0.25, 0.3) is 10.6 Å². The van der Waals surface area contributed by atoms with Gasteiger partial charge in [0.05, 0.1) is 11.5 Å². The van der Waals surface area contributed by atoms with Crippen molar-refractivity contribution in [2.24, 2.45) is 5.92 Å². The lowest BCUT2D eigenvalue weighted by Gasteiger charge is -2.30. The normalized spacial score (nSPS) is 15.3. The van der Waals surface area contributed by atoms with Crippen LogP contribution < -0.4 is 10.1 Å². The number of benzene rings is 2. The second-order valence-electron chi connectivity index (χ2n) is 7.49. The van der Waals surface area contributed by atoms with Gasteiger partial charge >= 0.3 is 0 Å². The molecule has 174 valence electrons. The molecular weight excluding hydrogens is 484 g/mol. The summed E-state index contributed by atoms with van der Waals surface area (Å²) in [5.74, 6) is 0.316. The number of carbonyl (C=O) groups is 1. The fraction of sp³-hybridized carbons (Fsp3) is 0.318. The SMILES string of the molecule is CCOc1ccc(-c2nnc(NC(=O)C3CCN(S(=O)(=O)c4ccc(Cl)cc4)CC3)s2)cc1. The van der Waals surface area contributed by atoms with Gasteiger partial charge in [-0.1, -0.05) is 22.9 Å². The van der Waals surface area contributed by atoms with Crippen LogP contribution in [0, 0.1) is 5.92 Å². The monoisotopic (exact) mass is 506 g/mol. The van der Waals surface area contributed by atoms with Crippen molar-refractivity contribution in [3.05, 3.63) is 53.6 Å². The van der Waals surface area contributed by atoms with E-state index in [1.54, 1.807) is 12.1 Å². The Hall–Kier alpha value is -2.53. The van der Waals surface area contributed by atoms with Crippen molar-refractivity contribution in [1.29, 1.82) is 0 Å². The second kappa shape index (κ2) is 10.2. The molecular formula is C22H23ClN4O4S2. The number of piperidine rings is 1. The fourth-order valence-corrected chi connectivity index (χ4v) is 5.92. The number of ether oxygens (including phenoxy) is 1. The topological polar surface area (TPSA) is 101 Å². The molecule has 1 aliphatic rings. The molecule has 3 aromatic rings. The number of halogens is 1. The number of amides is 1. The van der Waals surface area contributed by atoms with E-state index in [9.17, 15) is 13.2 Å². The Balaban J connectivity index is 1.34. The molecule has 0 aliphatic carbocycles. The Morgan fingerprint density at radius 2 is 1.79 bits per heavy atom. The van der Waals surface area contributed by atoms with Crippen molar-refractivity contribution in [2.75, 3.05) is 25.0 Å². The van der Waals surface area contributed by atoms with Gasteiger partial charge in [0.25, 0.3) is 0 Å². The molecule has 2 aromatic carbocycles. The highest BCUT2D eigenvalue weighted by Gasteiger charge is 2.32. The van der Waals surface area contributed by atoms with E-state index in [4.69, 9.17) is 16.3 Å². The summed E-state index contributed by atoms with van der Waals surface area (Å²) in [4.78, 5) is 12.9. The van der Waals surface area contributed by atoms with E-state index in [1.807, 2.05) is 31.2 Å². The number of hydrogen-bond donors (Lipinski definition) is 1. The molecule has 1 aromatic heterocycles. The first-order chi connectivity index (χ1) is 15.9. The van der Waals surface area contributed by atoms with E-state index >= 15 is 0 Å². The minimum atomic E-state index is -3.61. The van der Waals surface area contributed by atoms with Gasteiger partial charge in [-0.25, -0.2) is 8.42 Å². The first-order valence-electron chi connectivity index (χ1n) is 10.5. The van der Waals surface area contributed by atoms with Gasteiger partial charge in [-0.2, -0.15) is 4.31 Å². The van der Waals surface area contributed by atoms with Crippen LogP contribution in [0.1, 0.15) is 19.8 Å². The summed E-state index contributed by atoms with van der Waals surface area (Å²) in [6.45, 7) is 3.07. The van der Waals surface area contributed by atoms with Crippen molar-refractivity contribution in [3.63, 3.8) is 0 Å². The molecule has 1 saturated heterocycles. The Labute approximate surface area is 201 Å². The maximum absolute atomic E-state index is 12.8. The summed E-state index contributed by atoms with van der Waals surface area (Å²) >= 11 is 7.14. The van der Waals surface area contributed by atoms with Crippen molar-refractivity contribution < 1.29 is 17.9 Å². The van der Waals surface area contributed by atoms with E-state index in [0.717, 1.165) is 11.3 Å². The van der Waals surface area contributed by atoms with Gasteiger partial charge in [0.15, 0.2) is 0 Å². The summed E-state index contributed by atoms with van der Waals surface area (Å²) in [7, 11) is -3.61. The van der Waals surface area contributed by atoms with Crippen molar-refractivity contribution in [1.82, 2.24) is 14.5 Å². The third-order valence-electron chi connectivity index (χ3n) is 5.34. The third kappa shape index (κ3) is 5.52. The van der Waals surface area contributed by atoms with E-state index in [1.165, 1.54) is 27.8 Å².